The highest BCUT2D eigenvalue weighted by atomic mass is 16.5. The smallest absolute Gasteiger partial charge is 0.260 e. The van der Waals surface area contributed by atoms with Gasteiger partial charge in [-0.15, -0.1) is 0 Å². The van der Waals surface area contributed by atoms with Crippen molar-refractivity contribution in [2.24, 2.45) is 0 Å². The van der Waals surface area contributed by atoms with Crippen molar-refractivity contribution in [2.45, 2.75) is 31.8 Å². The molecule has 1 saturated heterocycles. The fourth-order valence-electron chi connectivity index (χ4n) is 3.68. The molecule has 27 heavy (non-hydrogen) atoms. The predicted octanol–water partition coefficient (Wildman–Crippen LogP) is 1.91. The molecule has 1 aromatic carbocycles. The average molecular weight is 367 g/mol. The average Bonchev–Trinajstić information content (AvgIpc) is 3.26. The van der Waals surface area contributed by atoms with Crippen molar-refractivity contribution in [3.8, 4) is 5.75 Å². The Kier molecular flexibility index (Phi) is 5.20. The number of carbonyl (C=O) groups is 1. The van der Waals surface area contributed by atoms with E-state index >= 15 is 0 Å². The van der Waals surface area contributed by atoms with Crippen LogP contribution in [0.2, 0.25) is 0 Å². The maximum atomic E-state index is 12.6. The van der Waals surface area contributed by atoms with Gasteiger partial charge in [-0.3, -0.25) is 4.79 Å². The van der Waals surface area contributed by atoms with Crippen LogP contribution in [0.15, 0.2) is 30.3 Å². The quantitative estimate of drug-likeness (QED) is 0.840. The Morgan fingerprint density at radius 3 is 2.93 bits per heavy atom. The van der Waals surface area contributed by atoms with Crippen LogP contribution in [0.1, 0.15) is 36.0 Å². The summed E-state index contributed by atoms with van der Waals surface area (Å²) in [5.74, 6) is 2.40. The largest absolute Gasteiger partial charge is 0.484 e. The number of fused-ring (bicyclic) bond motifs is 1. The van der Waals surface area contributed by atoms with Crippen LogP contribution in [0.3, 0.4) is 0 Å². The van der Waals surface area contributed by atoms with Crippen molar-refractivity contribution in [3.63, 3.8) is 0 Å². The summed E-state index contributed by atoms with van der Waals surface area (Å²) in [4.78, 5) is 24.0. The van der Waals surface area contributed by atoms with Crippen molar-refractivity contribution in [2.75, 3.05) is 32.1 Å². The van der Waals surface area contributed by atoms with Crippen molar-refractivity contribution >= 4 is 11.7 Å². The number of carbonyl (C=O) groups excluding carboxylic acids is 1. The van der Waals surface area contributed by atoms with Gasteiger partial charge in [0.15, 0.2) is 6.61 Å². The Labute approximate surface area is 159 Å². The van der Waals surface area contributed by atoms with Gasteiger partial charge in [-0.25, -0.2) is 9.97 Å². The Morgan fingerprint density at radius 2 is 2.19 bits per heavy atom. The number of para-hydroxylation sites is 1. The molecule has 0 radical (unpaired) electrons. The second kappa shape index (κ2) is 7.92. The minimum atomic E-state index is -0.0188. The first-order valence-electron chi connectivity index (χ1n) is 9.51. The lowest BCUT2D eigenvalue weighted by Gasteiger charge is -2.29. The second-order valence-corrected chi connectivity index (χ2v) is 6.92. The molecule has 1 atom stereocenters. The number of hydrogen-bond donors (Lipinski definition) is 2. The summed E-state index contributed by atoms with van der Waals surface area (Å²) in [6.07, 6.45) is 2.94. The molecule has 2 aliphatic heterocycles. The zero-order chi connectivity index (χ0) is 18.6. The lowest BCUT2D eigenvalue weighted by molar-refractivity contribution is -0.134. The first kappa shape index (κ1) is 17.7. The molecule has 0 bridgehead atoms. The minimum Gasteiger partial charge on any atom is -0.484 e. The maximum absolute atomic E-state index is 12.6. The summed E-state index contributed by atoms with van der Waals surface area (Å²) in [5.41, 5.74) is 2.06. The molecule has 0 unspecified atom stereocenters. The molecule has 0 spiro atoms. The van der Waals surface area contributed by atoms with Gasteiger partial charge in [-0.2, -0.15) is 0 Å². The van der Waals surface area contributed by atoms with Gasteiger partial charge >= 0.3 is 0 Å². The lowest BCUT2D eigenvalue weighted by Crippen LogP contribution is -2.40. The molecule has 0 saturated carbocycles. The van der Waals surface area contributed by atoms with Gasteiger partial charge < -0.3 is 20.3 Å². The van der Waals surface area contributed by atoms with Crippen molar-refractivity contribution in [3.05, 3.63) is 47.4 Å². The lowest BCUT2D eigenvalue weighted by atomic mass is 10.0. The molecular formula is C20H25N5O2. The summed E-state index contributed by atoms with van der Waals surface area (Å²) >= 11 is 0. The van der Waals surface area contributed by atoms with Gasteiger partial charge in [0.2, 0.25) is 0 Å². The van der Waals surface area contributed by atoms with Crippen molar-refractivity contribution < 1.29 is 9.53 Å². The highest BCUT2D eigenvalue weighted by Gasteiger charge is 2.27. The summed E-state index contributed by atoms with van der Waals surface area (Å²) in [6.45, 7) is 2.20. The standard InChI is InChI=1S/C20H25N5O2/c1-21-19-15-9-11-25(18(26)13-27-14-6-3-2-4-7-14)12-17(15)23-20(24-19)16-8-5-10-22-16/h2-4,6-7,16,22H,5,8-13H2,1H3,(H,21,23,24)/t16-/m0/s1. The Balaban J connectivity index is 1.47. The number of hydrogen-bond acceptors (Lipinski definition) is 6. The molecule has 2 N–H and O–H groups in total. The van der Waals surface area contributed by atoms with Crippen LogP contribution in [-0.2, 0) is 17.8 Å². The number of rotatable bonds is 5. The second-order valence-electron chi connectivity index (χ2n) is 6.92. The van der Waals surface area contributed by atoms with E-state index in [9.17, 15) is 4.79 Å². The number of aromatic nitrogens is 2. The van der Waals surface area contributed by atoms with E-state index in [1.807, 2.05) is 42.3 Å². The Hall–Kier alpha value is -2.67. The molecule has 1 amide bonds. The van der Waals surface area contributed by atoms with E-state index in [1.165, 1.54) is 0 Å². The molecule has 3 heterocycles. The van der Waals surface area contributed by atoms with Crippen molar-refractivity contribution in [1.29, 1.82) is 0 Å². The van der Waals surface area contributed by atoms with Crippen LogP contribution < -0.4 is 15.4 Å². The zero-order valence-electron chi connectivity index (χ0n) is 15.6. The van der Waals surface area contributed by atoms with Gasteiger partial charge in [-0.1, -0.05) is 18.2 Å². The van der Waals surface area contributed by atoms with Gasteiger partial charge in [0.1, 0.15) is 17.4 Å². The van der Waals surface area contributed by atoms with Crippen LogP contribution in [-0.4, -0.2) is 47.5 Å². The van der Waals surface area contributed by atoms with Gasteiger partial charge in [0, 0.05) is 19.2 Å². The van der Waals surface area contributed by atoms with Crippen LogP contribution in [0.4, 0.5) is 5.82 Å². The molecule has 7 heteroatoms. The van der Waals surface area contributed by atoms with Crippen LogP contribution in [0.25, 0.3) is 0 Å². The van der Waals surface area contributed by atoms with Crippen molar-refractivity contribution in [1.82, 2.24) is 20.2 Å². The van der Waals surface area contributed by atoms with Gasteiger partial charge in [0.05, 0.1) is 18.3 Å². The normalized spacial score (nSPS) is 18.9. The molecule has 142 valence electrons. The van der Waals surface area contributed by atoms with E-state index in [2.05, 4.69) is 10.6 Å². The Bertz CT molecular complexity index is 806. The third-order valence-electron chi connectivity index (χ3n) is 5.15. The molecular weight excluding hydrogens is 342 g/mol. The number of anilines is 1. The molecule has 7 nitrogen and oxygen atoms in total. The number of nitrogens with zero attached hydrogens (tertiary/aromatic N) is 3. The molecule has 2 aliphatic rings. The SMILES string of the molecule is CNc1nc([C@@H]2CCCN2)nc2c1CCN(C(=O)COc1ccccc1)C2. The number of benzene rings is 1. The molecule has 1 fully saturated rings. The summed E-state index contributed by atoms with van der Waals surface area (Å²) < 4.78 is 5.61. The van der Waals surface area contributed by atoms with Crippen LogP contribution in [0, 0.1) is 0 Å². The summed E-state index contributed by atoms with van der Waals surface area (Å²) in [6, 6.07) is 9.62. The fourth-order valence-corrected chi connectivity index (χ4v) is 3.68. The predicted molar refractivity (Wildman–Crippen MR) is 103 cm³/mol. The molecule has 1 aromatic heterocycles. The van der Waals surface area contributed by atoms with E-state index in [0.717, 1.165) is 48.7 Å². The van der Waals surface area contributed by atoms with Gasteiger partial charge in [-0.05, 0) is 37.9 Å². The zero-order valence-corrected chi connectivity index (χ0v) is 15.6. The minimum absolute atomic E-state index is 0.0188. The van der Waals surface area contributed by atoms with Crippen LogP contribution >= 0.6 is 0 Å². The fraction of sp³-hybridized carbons (Fsp3) is 0.450. The number of ether oxygens (including phenoxy) is 1. The highest BCUT2D eigenvalue weighted by Crippen LogP contribution is 2.28. The van der Waals surface area contributed by atoms with E-state index in [4.69, 9.17) is 14.7 Å². The van der Waals surface area contributed by atoms with E-state index in [-0.39, 0.29) is 18.6 Å². The number of nitrogens with one attached hydrogen (secondary N) is 2. The summed E-state index contributed by atoms with van der Waals surface area (Å²) in [5, 5.41) is 6.65. The monoisotopic (exact) mass is 367 g/mol. The third kappa shape index (κ3) is 3.88. The number of amides is 1. The molecule has 2 aromatic rings. The van der Waals surface area contributed by atoms with E-state index in [0.29, 0.717) is 18.8 Å². The van der Waals surface area contributed by atoms with E-state index < -0.39 is 0 Å². The highest BCUT2D eigenvalue weighted by molar-refractivity contribution is 5.78. The van der Waals surface area contributed by atoms with E-state index in [1.54, 1.807) is 0 Å². The maximum Gasteiger partial charge on any atom is 0.260 e. The first-order valence-corrected chi connectivity index (χ1v) is 9.51. The molecule has 4 rings (SSSR count). The topological polar surface area (TPSA) is 79.4 Å². The van der Waals surface area contributed by atoms with Gasteiger partial charge in [0.25, 0.3) is 5.91 Å². The first-order chi connectivity index (χ1) is 13.2. The Morgan fingerprint density at radius 1 is 1.33 bits per heavy atom. The third-order valence-corrected chi connectivity index (χ3v) is 5.15. The molecule has 0 aliphatic carbocycles. The summed E-state index contributed by atoms with van der Waals surface area (Å²) in [7, 11) is 1.89. The van der Waals surface area contributed by atoms with Crippen LogP contribution in [0.5, 0.6) is 5.75 Å².